The molecule has 2 N–H and O–H groups in total. The summed E-state index contributed by atoms with van der Waals surface area (Å²) in [5.41, 5.74) is 7.87. The Kier molecular flexibility index (Phi) is 2.71. The maximum absolute atomic E-state index is 13.5. The number of fused-ring (bicyclic) bond motifs is 1. The fourth-order valence-electron chi connectivity index (χ4n) is 2.37. The van der Waals surface area contributed by atoms with E-state index in [1.807, 2.05) is 32.2 Å². The summed E-state index contributed by atoms with van der Waals surface area (Å²) in [6.07, 6.45) is 0. The van der Waals surface area contributed by atoms with E-state index in [9.17, 15) is 8.78 Å². The molecule has 0 fully saturated rings. The maximum Gasteiger partial charge on any atom is 0.149 e. The van der Waals surface area contributed by atoms with Gasteiger partial charge in [-0.3, -0.25) is 4.68 Å². The lowest BCUT2D eigenvalue weighted by Gasteiger charge is -2.06. The molecule has 0 atom stereocenters. The zero-order valence-corrected chi connectivity index (χ0v) is 11.1. The van der Waals surface area contributed by atoms with Crippen LogP contribution in [-0.4, -0.2) is 9.78 Å². The molecular formula is C15H13F2N3. The summed E-state index contributed by atoms with van der Waals surface area (Å²) in [5, 5.41) is 5.28. The number of hydrogen-bond donors (Lipinski definition) is 1. The van der Waals surface area contributed by atoms with Crippen molar-refractivity contribution < 1.29 is 8.78 Å². The largest absolute Gasteiger partial charge is 0.394 e. The van der Waals surface area contributed by atoms with E-state index in [-0.39, 0.29) is 0 Å². The lowest BCUT2D eigenvalue weighted by Crippen LogP contribution is -1.96. The van der Waals surface area contributed by atoms with Gasteiger partial charge in [0.25, 0.3) is 0 Å². The van der Waals surface area contributed by atoms with Gasteiger partial charge in [0.05, 0.1) is 11.2 Å². The van der Waals surface area contributed by atoms with E-state index in [1.54, 1.807) is 4.68 Å². The van der Waals surface area contributed by atoms with Crippen LogP contribution in [0, 0.1) is 18.6 Å². The highest BCUT2D eigenvalue weighted by Gasteiger charge is 2.11. The van der Waals surface area contributed by atoms with Crippen molar-refractivity contribution in [2.75, 3.05) is 5.73 Å². The van der Waals surface area contributed by atoms with Crippen molar-refractivity contribution in [1.82, 2.24) is 9.78 Å². The second kappa shape index (κ2) is 4.30. The van der Waals surface area contributed by atoms with Crippen molar-refractivity contribution >= 4 is 16.6 Å². The first-order chi connectivity index (χ1) is 9.47. The van der Waals surface area contributed by atoms with Crippen molar-refractivity contribution in [3.05, 3.63) is 47.7 Å². The van der Waals surface area contributed by atoms with E-state index in [0.717, 1.165) is 22.2 Å². The quantitative estimate of drug-likeness (QED) is 0.690. The standard InChI is InChI=1S/C15H13F2N3/c1-8-11-5-9(3-4-14(11)20(2)19-8)10-6-12(16)15(18)13(17)7-10/h3-7H,18H2,1-2H3. The predicted octanol–water partition coefficient (Wildman–Crippen LogP) is 3.41. The summed E-state index contributed by atoms with van der Waals surface area (Å²) in [5.74, 6) is -1.49. The van der Waals surface area contributed by atoms with Gasteiger partial charge in [0.2, 0.25) is 0 Å². The van der Waals surface area contributed by atoms with Gasteiger partial charge in [-0.15, -0.1) is 0 Å². The van der Waals surface area contributed by atoms with Crippen LogP contribution in [0.25, 0.3) is 22.0 Å². The number of nitrogens with zero attached hydrogens (tertiary/aromatic N) is 2. The smallest absolute Gasteiger partial charge is 0.149 e. The molecule has 1 heterocycles. The molecule has 102 valence electrons. The third-order valence-electron chi connectivity index (χ3n) is 3.45. The first kappa shape index (κ1) is 12.6. The van der Waals surface area contributed by atoms with Crippen molar-refractivity contribution in [1.29, 1.82) is 0 Å². The Hall–Kier alpha value is -2.43. The predicted molar refractivity (Wildman–Crippen MR) is 75.2 cm³/mol. The minimum Gasteiger partial charge on any atom is -0.394 e. The molecule has 0 radical (unpaired) electrons. The van der Waals surface area contributed by atoms with Gasteiger partial charge in [0.1, 0.15) is 17.3 Å². The average Bonchev–Trinajstić information content (AvgIpc) is 2.70. The van der Waals surface area contributed by atoms with Gasteiger partial charge in [-0.25, -0.2) is 8.78 Å². The molecule has 0 amide bonds. The first-order valence-electron chi connectivity index (χ1n) is 6.15. The van der Waals surface area contributed by atoms with Crippen molar-refractivity contribution in [3.63, 3.8) is 0 Å². The molecular weight excluding hydrogens is 260 g/mol. The maximum atomic E-state index is 13.5. The SMILES string of the molecule is Cc1nn(C)c2ccc(-c3cc(F)c(N)c(F)c3)cc12. The second-order valence-electron chi connectivity index (χ2n) is 4.79. The second-order valence-corrected chi connectivity index (χ2v) is 4.79. The van der Waals surface area contributed by atoms with Crippen LogP contribution in [0.2, 0.25) is 0 Å². The van der Waals surface area contributed by atoms with Gasteiger partial charge < -0.3 is 5.73 Å². The molecule has 3 rings (SSSR count). The minimum atomic E-state index is -0.747. The Morgan fingerprint density at radius 3 is 2.35 bits per heavy atom. The van der Waals surface area contributed by atoms with E-state index in [1.165, 1.54) is 12.1 Å². The molecule has 20 heavy (non-hydrogen) atoms. The van der Waals surface area contributed by atoms with Crippen LogP contribution in [0.15, 0.2) is 30.3 Å². The topological polar surface area (TPSA) is 43.8 Å². The summed E-state index contributed by atoms with van der Waals surface area (Å²) >= 11 is 0. The lowest BCUT2D eigenvalue weighted by molar-refractivity contribution is 0.592. The third kappa shape index (κ3) is 1.82. The van der Waals surface area contributed by atoms with Gasteiger partial charge in [0, 0.05) is 12.4 Å². The molecule has 0 aliphatic rings. The van der Waals surface area contributed by atoms with Crippen LogP contribution in [-0.2, 0) is 7.05 Å². The van der Waals surface area contributed by atoms with E-state index in [2.05, 4.69) is 5.10 Å². The number of aromatic nitrogens is 2. The van der Waals surface area contributed by atoms with E-state index in [0.29, 0.717) is 5.56 Å². The molecule has 0 aliphatic heterocycles. The normalized spacial score (nSPS) is 11.2. The molecule has 0 aliphatic carbocycles. The van der Waals surface area contributed by atoms with Crippen molar-refractivity contribution in [2.24, 2.45) is 7.05 Å². The molecule has 3 aromatic rings. The molecule has 2 aromatic carbocycles. The summed E-state index contributed by atoms with van der Waals surface area (Å²) in [7, 11) is 1.86. The lowest BCUT2D eigenvalue weighted by atomic mass is 10.0. The third-order valence-corrected chi connectivity index (χ3v) is 3.45. The van der Waals surface area contributed by atoms with Crippen LogP contribution in [0.4, 0.5) is 14.5 Å². The zero-order valence-electron chi connectivity index (χ0n) is 11.1. The summed E-state index contributed by atoms with van der Waals surface area (Å²) in [4.78, 5) is 0. The number of aryl methyl sites for hydroxylation is 2. The number of rotatable bonds is 1. The molecule has 1 aromatic heterocycles. The molecule has 0 bridgehead atoms. The highest BCUT2D eigenvalue weighted by atomic mass is 19.1. The fourth-order valence-corrected chi connectivity index (χ4v) is 2.37. The van der Waals surface area contributed by atoms with Crippen LogP contribution in [0.5, 0.6) is 0 Å². The van der Waals surface area contributed by atoms with Crippen LogP contribution < -0.4 is 5.73 Å². The highest BCUT2D eigenvalue weighted by molar-refractivity contribution is 5.87. The van der Waals surface area contributed by atoms with Crippen LogP contribution >= 0.6 is 0 Å². The number of benzene rings is 2. The molecule has 0 saturated carbocycles. The molecule has 3 nitrogen and oxygen atoms in total. The Morgan fingerprint density at radius 2 is 1.70 bits per heavy atom. The monoisotopic (exact) mass is 273 g/mol. The van der Waals surface area contributed by atoms with E-state index in [4.69, 9.17) is 5.73 Å². The van der Waals surface area contributed by atoms with Gasteiger partial charge in [-0.05, 0) is 42.3 Å². The summed E-state index contributed by atoms with van der Waals surface area (Å²) in [6.45, 7) is 1.90. The number of hydrogen-bond acceptors (Lipinski definition) is 2. The van der Waals surface area contributed by atoms with Crippen LogP contribution in [0.1, 0.15) is 5.69 Å². The Labute approximate surface area is 114 Å². The number of halogens is 2. The Balaban J connectivity index is 2.22. The summed E-state index contributed by atoms with van der Waals surface area (Å²) < 4.78 is 28.9. The number of nitrogens with two attached hydrogens (primary N) is 1. The van der Waals surface area contributed by atoms with Gasteiger partial charge in [-0.2, -0.15) is 5.10 Å². The zero-order chi connectivity index (χ0) is 14.4. The van der Waals surface area contributed by atoms with Crippen LogP contribution in [0.3, 0.4) is 0 Å². The molecule has 0 unspecified atom stereocenters. The van der Waals surface area contributed by atoms with E-state index < -0.39 is 17.3 Å². The van der Waals surface area contributed by atoms with Crippen molar-refractivity contribution in [3.8, 4) is 11.1 Å². The number of anilines is 1. The first-order valence-corrected chi connectivity index (χ1v) is 6.15. The number of nitrogen functional groups attached to an aromatic ring is 1. The Morgan fingerprint density at radius 1 is 1.05 bits per heavy atom. The Bertz CT molecular complexity index is 798. The van der Waals surface area contributed by atoms with Gasteiger partial charge in [-0.1, -0.05) is 6.07 Å². The minimum absolute atomic E-state index is 0.451. The molecule has 0 spiro atoms. The summed E-state index contributed by atoms with van der Waals surface area (Å²) in [6, 6.07) is 8.06. The van der Waals surface area contributed by atoms with Crippen molar-refractivity contribution in [2.45, 2.75) is 6.92 Å². The molecule has 5 heteroatoms. The highest BCUT2D eigenvalue weighted by Crippen LogP contribution is 2.29. The van der Waals surface area contributed by atoms with E-state index >= 15 is 0 Å². The fraction of sp³-hybridized carbons (Fsp3) is 0.133. The molecule has 0 saturated heterocycles. The van der Waals surface area contributed by atoms with Gasteiger partial charge >= 0.3 is 0 Å². The van der Waals surface area contributed by atoms with Gasteiger partial charge in [0.15, 0.2) is 0 Å². The average molecular weight is 273 g/mol.